The molecule has 0 aliphatic rings. The Balaban J connectivity index is 0.00000228. The summed E-state index contributed by atoms with van der Waals surface area (Å²) >= 11 is 0. The van der Waals surface area contributed by atoms with E-state index < -0.39 is 10.8 Å². The van der Waals surface area contributed by atoms with Gasteiger partial charge in [0, 0.05) is 38.2 Å². The van der Waals surface area contributed by atoms with E-state index in [4.69, 9.17) is 0 Å². The van der Waals surface area contributed by atoms with Gasteiger partial charge in [-0.25, -0.2) is 14.2 Å². The van der Waals surface area contributed by atoms with Crippen molar-refractivity contribution in [3.05, 3.63) is 97.2 Å². The first-order valence-electron chi connectivity index (χ1n) is 10.1. The fourth-order valence-electron chi connectivity index (χ4n) is 4.04. The van der Waals surface area contributed by atoms with Crippen LogP contribution in [-0.4, -0.2) is 23.9 Å². The van der Waals surface area contributed by atoms with Crippen molar-refractivity contribution in [2.75, 3.05) is 0 Å². The zero-order valence-electron chi connectivity index (χ0n) is 17.1. The molecule has 6 aromatic rings. The maximum absolute atomic E-state index is 13.4. The summed E-state index contributed by atoms with van der Waals surface area (Å²) in [6, 6.07) is 29.8. The molecular weight excluding hydrogens is 613 g/mol. The minimum Gasteiger partial charge on any atom is -0.506 e. The summed E-state index contributed by atoms with van der Waals surface area (Å²) in [5.41, 5.74) is 2.25. The Morgan fingerprint density at radius 3 is 2.55 bits per heavy atom. The number of benzene rings is 3. The van der Waals surface area contributed by atoms with Crippen LogP contribution in [0.4, 0.5) is 0 Å². The average molecular weight is 630 g/mol. The minimum atomic E-state index is -1.56. The van der Waals surface area contributed by atoms with Gasteiger partial charge in [-0.1, -0.05) is 46.8 Å². The molecule has 33 heavy (non-hydrogen) atoms. The minimum absolute atomic E-state index is 0. The Labute approximate surface area is 206 Å². The van der Waals surface area contributed by atoms with E-state index in [1.54, 1.807) is 24.4 Å². The first-order chi connectivity index (χ1) is 15.7. The SMILES string of the molecule is O=S(c1[c-]c2c(cc1)c1ccccc1n2-c1ccccn1)c1ccc2cccc(O)c2n1.[Pt]. The van der Waals surface area contributed by atoms with Gasteiger partial charge >= 0.3 is 0 Å². The largest absolute Gasteiger partial charge is 0.506 e. The number of rotatable bonds is 3. The molecule has 7 heteroatoms. The molecule has 3 aromatic heterocycles. The van der Waals surface area contributed by atoms with E-state index in [1.807, 2.05) is 65.2 Å². The second kappa shape index (κ2) is 8.54. The molecular formula is C26H16N3O2PtS-. The van der Waals surface area contributed by atoms with Gasteiger partial charge in [0.2, 0.25) is 0 Å². The number of phenolic OH excluding ortho intramolecular Hbond substituents is 1. The predicted molar refractivity (Wildman–Crippen MR) is 125 cm³/mol. The van der Waals surface area contributed by atoms with Gasteiger partial charge in [-0.2, -0.15) is 12.1 Å². The molecule has 5 nitrogen and oxygen atoms in total. The van der Waals surface area contributed by atoms with E-state index in [-0.39, 0.29) is 26.8 Å². The smallest absolute Gasteiger partial charge is 0.141 e. The van der Waals surface area contributed by atoms with E-state index in [0.29, 0.717) is 15.4 Å². The van der Waals surface area contributed by atoms with Crippen molar-refractivity contribution in [3.63, 3.8) is 0 Å². The van der Waals surface area contributed by atoms with Crippen LogP contribution in [-0.2, 0) is 31.9 Å². The predicted octanol–water partition coefficient (Wildman–Crippen LogP) is 5.40. The van der Waals surface area contributed by atoms with Crippen LogP contribution in [0.5, 0.6) is 5.75 Å². The van der Waals surface area contributed by atoms with Crippen molar-refractivity contribution < 1.29 is 30.4 Å². The number of aromatic hydroxyl groups is 1. The van der Waals surface area contributed by atoms with Gasteiger partial charge in [-0.05, 0) is 41.8 Å². The van der Waals surface area contributed by atoms with Crippen molar-refractivity contribution in [3.8, 4) is 11.6 Å². The van der Waals surface area contributed by atoms with Gasteiger partial charge in [-0.15, -0.1) is 11.5 Å². The summed E-state index contributed by atoms with van der Waals surface area (Å²) in [4.78, 5) is 9.50. The van der Waals surface area contributed by atoms with E-state index in [2.05, 4.69) is 22.1 Å². The maximum atomic E-state index is 13.4. The van der Waals surface area contributed by atoms with Crippen molar-refractivity contribution in [2.24, 2.45) is 0 Å². The monoisotopic (exact) mass is 629 g/mol. The van der Waals surface area contributed by atoms with Crippen LogP contribution < -0.4 is 0 Å². The Morgan fingerprint density at radius 1 is 0.848 bits per heavy atom. The third-order valence-corrected chi connectivity index (χ3v) is 6.74. The molecule has 0 amide bonds. The average Bonchev–Trinajstić information content (AvgIpc) is 3.18. The summed E-state index contributed by atoms with van der Waals surface area (Å²) in [6.45, 7) is 0. The van der Waals surface area contributed by atoms with E-state index in [0.717, 1.165) is 33.0 Å². The standard InChI is InChI=1S/C26H16N3O2S.Pt/c30-23-9-5-6-17-11-14-25(28-26(17)23)32(31)18-12-13-20-19-7-1-2-8-21(19)29(22(20)16-18)24-10-3-4-15-27-24;/h1-15,30H;/q-1;. The van der Waals surface area contributed by atoms with Crippen molar-refractivity contribution in [1.29, 1.82) is 0 Å². The Kier molecular flexibility index (Phi) is 5.57. The number of fused-ring (bicyclic) bond motifs is 4. The number of phenols is 1. The number of pyridine rings is 2. The number of hydrogen-bond acceptors (Lipinski definition) is 4. The second-order valence-electron chi connectivity index (χ2n) is 7.39. The molecule has 0 bridgehead atoms. The molecule has 0 aliphatic carbocycles. The van der Waals surface area contributed by atoms with Gasteiger partial charge in [0.15, 0.2) is 0 Å². The van der Waals surface area contributed by atoms with Gasteiger partial charge < -0.3 is 9.67 Å². The van der Waals surface area contributed by atoms with Gasteiger partial charge in [0.25, 0.3) is 0 Å². The quantitative estimate of drug-likeness (QED) is 0.267. The molecule has 164 valence electrons. The third-order valence-electron chi connectivity index (χ3n) is 5.50. The summed E-state index contributed by atoms with van der Waals surface area (Å²) in [6.07, 6.45) is 1.75. The summed E-state index contributed by atoms with van der Waals surface area (Å²) < 4.78 is 15.5. The van der Waals surface area contributed by atoms with Crippen molar-refractivity contribution >= 4 is 43.5 Å². The van der Waals surface area contributed by atoms with Crippen LogP contribution in [0.2, 0.25) is 0 Å². The number of hydrogen-bond donors (Lipinski definition) is 1. The molecule has 6 rings (SSSR count). The molecule has 0 fully saturated rings. The number of nitrogens with zero attached hydrogens (tertiary/aromatic N) is 3. The summed E-state index contributed by atoms with van der Waals surface area (Å²) in [5, 5.41) is 13.4. The van der Waals surface area contributed by atoms with Crippen molar-refractivity contribution in [2.45, 2.75) is 9.92 Å². The molecule has 1 unspecified atom stereocenters. The van der Waals surface area contributed by atoms with Crippen LogP contribution in [0.25, 0.3) is 38.5 Å². The molecule has 3 aromatic carbocycles. The van der Waals surface area contributed by atoms with Gasteiger partial charge in [-0.3, -0.25) is 0 Å². The van der Waals surface area contributed by atoms with E-state index in [1.165, 1.54) is 0 Å². The molecule has 1 N–H and O–H groups in total. The summed E-state index contributed by atoms with van der Waals surface area (Å²) in [5.74, 6) is 0.836. The zero-order chi connectivity index (χ0) is 21.7. The first-order valence-corrected chi connectivity index (χ1v) is 11.2. The second-order valence-corrected chi connectivity index (χ2v) is 8.79. The van der Waals surface area contributed by atoms with Crippen LogP contribution in [0.1, 0.15) is 0 Å². The fourth-order valence-corrected chi connectivity index (χ4v) is 5.01. The number of aromatic nitrogens is 3. The molecule has 0 saturated carbocycles. The van der Waals surface area contributed by atoms with Gasteiger partial charge in [0.1, 0.15) is 22.1 Å². The van der Waals surface area contributed by atoms with Crippen LogP contribution in [0.15, 0.2) is 101 Å². The Bertz CT molecular complexity index is 1670. The topological polar surface area (TPSA) is 68.0 Å². The van der Waals surface area contributed by atoms with Gasteiger partial charge in [0.05, 0.1) is 10.8 Å². The third kappa shape index (κ3) is 3.56. The van der Waals surface area contributed by atoms with Crippen LogP contribution in [0.3, 0.4) is 0 Å². The Hall–Kier alpha value is -3.34. The zero-order valence-corrected chi connectivity index (χ0v) is 20.2. The first kappa shape index (κ1) is 21.5. The summed E-state index contributed by atoms with van der Waals surface area (Å²) in [7, 11) is -1.56. The van der Waals surface area contributed by atoms with Crippen molar-refractivity contribution in [1.82, 2.24) is 14.5 Å². The molecule has 0 saturated heterocycles. The van der Waals surface area contributed by atoms with E-state index in [9.17, 15) is 9.32 Å². The maximum Gasteiger partial charge on any atom is 0.141 e. The Morgan fingerprint density at radius 2 is 1.70 bits per heavy atom. The fraction of sp³-hybridized carbons (Fsp3) is 0. The molecule has 3 heterocycles. The molecule has 0 aliphatic heterocycles. The van der Waals surface area contributed by atoms with Crippen LogP contribution >= 0.6 is 0 Å². The van der Waals surface area contributed by atoms with E-state index >= 15 is 0 Å². The molecule has 0 spiro atoms. The molecule has 1 atom stereocenters. The van der Waals surface area contributed by atoms with Crippen LogP contribution in [0, 0.1) is 6.07 Å². The number of para-hydroxylation sites is 2. The molecule has 0 radical (unpaired) electrons. The normalized spacial score (nSPS) is 12.1.